The van der Waals surface area contributed by atoms with Gasteiger partial charge in [0.15, 0.2) is 5.65 Å². The molecule has 0 atom stereocenters. The summed E-state index contributed by atoms with van der Waals surface area (Å²) in [5.41, 5.74) is 0.177. The Hall–Kier alpha value is -1.12. The molecule has 0 aromatic carbocycles. The fourth-order valence-electron chi connectivity index (χ4n) is 1.05. The first-order valence-corrected chi connectivity index (χ1v) is 6.52. The van der Waals surface area contributed by atoms with Crippen molar-refractivity contribution in [1.82, 2.24) is 19.6 Å². The molecule has 0 saturated carbocycles. The van der Waals surface area contributed by atoms with Crippen LogP contribution >= 0.6 is 22.3 Å². The predicted molar refractivity (Wildman–Crippen MR) is 55.4 cm³/mol. The van der Waals surface area contributed by atoms with Gasteiger partial charge in [-0.3, -0.25) is 0 Å². The number of hydrogen-bond donors (Lipinski definition) is 0. The van der Waals surface area contributed by atoms with Crippen LogP contribution in [0.3, 0.4) is 0 Å². The minimum absolute atomic E-state index is 0.0153. The van der Waals surface area contributed by atoms with Gasteiger partial charge >= 0.3 is 6.01 Å². The molecule has 2 rings (SSSR count). The average molecular weight is 283 g/mol. The van der Waals surface area contributed by atoms with Crippen LogP contribution < -0.4 is 4.74 Å². The monoisotopic (exact) mass is 282 g/mol. The third kappa shape index (κ3) is 1.91. The normalized spacial score (nSPS) is 11.9. The van der Waals surface area contributed by atoms with E-state index in [0.29, 0.717) is 0 Å². The lowest BCUT2D eigenvalue weighted by atomic mass is 10.6. The van der Waals surface area contributed by atoms with Gasteiger partial charge in [-0.25, -0.2) is 8.42 Å². The fraction of sp³-hybridized carbons (Fsp3) is 0.167. The number of rotatable bonds is 2. The molecule has 0 saturated heterocycles. The maximum absolute atomic E-state index is 11.0. The van der Waals surface area contributed by atoms with E-state index in [1.165, 1.54) is 13.2 Å². The van der Waals surface area contributed by atoms with Crippen LogP contribution in [0.4, 0.5) is 0 Å². The molecule has 0 spiro atoms. The Morgan fingerprint density at radius 2 is 2.12 bits per heavy atom. The summed E-state index contributed by atoms with van der Waals surface area (Å²) < 4.78 is 28.0. The molecule has 0 bridgehead atoms. The highest BCUT2D eigenvalue weighted by Crippen LogP contribution is 2.18. The predicted octanol–water partition coefficient (Wildman–Crippen LogP) is 0.714. The molecule has 7 nitrogen and oxygen atoms in total. The van der Waals surface area contributed by atoms with E-state index in [9.17, 15) is 8.42 Å². The number of methoxy groups -OCH3 is 1. The Bertz CT molecular complexity index is 653. The van der Waals surface area contributed by atoms with E-state index in [1.807, 2.05) is 0 Å². The van der Waals surface area contributed by atoms with Crippen molar-refractivity contribution in [2.45, 2.75) is 5.16 Å². The maximum Gasteiger partial charge on any atom is 0.320 e. The van der Waals surface area contributed by atoms with Gasteiger partial charge in [0.1, 0.15) is 5.15 Å². The lowest BCUT2D eigenvalue weighted by molar-refractivity contribution is 0.366. The molecule has 16 heavy (non-hydrogen) atoms. The third-order valence-corrected chi connectivity index (χ3v) is 2.86. The smallest absolute Gasteiger partial charge is 0.320 e. The van der Waals surface area contributed by atoms with Crippen LogP contribution in [0.25, 0.3) is 5.65 Å². The van der Waals surface area contributed by atoms with Crippen molar-refractivity contribution < 1.29 is 13.2 Å². The van der Waals surface area contributed by atoms with Gasteiger partial charge < -0.3 is 4.74 Å². The van der Waals surface area contributed by atoms with E-state index < -0.39 is 14.2 Å². The molecule has 0 aliphatic heterocycles. The SMILES string of the molecule is COc1nc(Cl)cc2nc(S(=O)(=O)Cl)nn12. The second-order valence-electron chi connectivity index (χ2n) is 2.67. The van der Waals surface area contributed by atoms with E-state index in [2.05, 4.69) is 15.1 Å². The van der Waals surface area contributed by atoms with E-state index in [0.717, 1.165) is 4.52 Å². The average Bonchev–Trinajstić information content (AvgIpc) is 2.59. The summed E-state index contributed by atoms with van der Waals surface area (Å²) >= 11 is 5.67. The summed E-state index contributed by atoms with van der Waals surface area (Å²) in [5, 5.41) is 3.21. The molecular formula is C6H4Cl2N4O3S. The molecule has 0 amide bonds. The first-order valence-electron chi connectivity index (χ1n) is 3.84. The van der Waals surface area contributed by atoms with Gasteiger partial charge in [0.05, 0.1) is 7.11 Å². The molecule has 0 N–H and O–H groups in total. The second kappa shape index (κ2) is 3.72. The zero-order valence-corrected chi connectivity index (χ0v) is 10.1. The number of ether oxygens (including phenoxy) is 1. The minimum atomic E-state index is -4.00. The first-order chi connectivity index (χ1) is 7.41. The summed E-state index contributed by atoms with van der Waals surface area (Å²) in [4.78, 5) is 7.46. The lowest BCUT2D eigenvalue weighted by Gasteiger charge is -1.99. The summed E-state index contributed by atoms with van der Waals surface area (Å²) in [7, 11) is 2.45. The summed E-state index contributed by atoms with van der Waals surface area (Å²) in [6.07, 6.45) is 0. The van der Waals surface area contributed by atoms with Gasteiger partial charge in [-0.2, -0.15) is 14.5 Å². The number of fused-ring (bicyclic) bond motifs is 1. The number of hydrogen-bond acceptors (Lipinski definition) is 6. The van der Waals surface area contributed by atoms with Crippen LogP contribution in [-0.2, 0) is 9.05 Å². The Balaban J connectivity index is 2.80. The van der Waals surface area contributed by atoms with Gasteiger partial charge in [0.2, 0.25) is 0 Å². The second-order valence-corrected chi connectivity index (χ2v) is 5.51. The van der Waals surface area contributed by atoms with Crippen molar-refractivity contribution in [3.8, 4) is 6.01 Å². The Morgan fingerprint density at radius 1 is 1.44 bits per heavy atom. The molecule has 86 valence electrons. The summed E-state index contributed by atoms with van der Waals surface area (Å²) in [5.74, 6) is 0. The number of nitrogens with zero attached hydrogens (tertiary/aromatic N) is 4. The standard InChI is InChI=1S/C6H4Cl2N4O3S/c1-15-6-9-3(7)2-4-10-5(11-12(4)6)16(8,13)14/h2H,1H3. The molecule has 2 heterocycles. The van der Waals surface area contributed by atoms with Crippen LogP contribution in [0.1, 0.15) is 0 Å². The third-order valence-electron chi connectivity index (χ3n) is 1.65. The molecular weight excluding hydrogens is 279 g/mol. The molecule has 0 aliphatic carbocycles. The van der Waals surface area contributed by atoms with Gasteiger partial charge in [0.25, 0.3) is 14.2 Å². The lowest BCUT2D eigenvalue weighted by Crippen LogP contribution is -2.00. The maximum atomic E-state index is 11.0. The van der Waals surface area contributed by atoms with E-state index in [4.69, 9.17) is 27.0 Å². The van der Waals surface area contributed by atoms with Gasteiger partial charge in [0, 0.05) is 16.7 Å². The summed E-state index contributed by atoms with van der Waals surface area (Å²) in [6.45, 7) is 0. The first kappa shape index (κ1) is 11.4. The highest BCUT2D eigenvalue weighted by Gasteiger charge is 2.19. The van der Waals surface area contributed by atoms with Crippen molar-refractivity contribution in [2.75, 3.05) is 7.11 Å². The largest absolute Gasteiger partial charge is 0.467 e. The molecule has 2 aromatic heterocycles. The molecule has 0 radical (unpaired) electrons. The van der Waals surface area contributed by atoms with Crippen LogP contribution in [-0.4, -0.2) is 35.1 Å². The van der Waals surface area contributed by atoms with E-state index >= 15 is 0 Å². The minimum Gasteiger partial charge on any atom is -0.467 e. The van der Waals surface area contributed by atoms with Crippen molar-refractivity contribution in [3.63, 3.8) is 0 Å². The molecule has 0 aliphatic rings. The molecule has 2 aromatic rings. The van der Waals surface area contributed by atoms with Crippen LogP contribution in [0.5, 0.6) is 6.01 Å². The van der Waals surface area contributed by atoms with Gasteiger partial charge in [-0.15, -0.1) is 5.10 Å². The van der Waals surface area contributed by atoms with Crippen molar-refractivity contribution in [2.24, 2.45) is 0 Å². The quantitative estimate of drug-likeness (QED) is 0.596. The highest BCUT2D eigenvalue weighted by molar-refractivity contribution is 8.13. The van der Waals surface area contributed by atoms with E-state index in [1.54, 1.807) is 0 Å². The Morgan fingerprint density at radius 3 is 2.69 bits per heavy atom. The van der Waals surface area contributed by atoms with Gasteiger partial charge in [-0.1, -0.05) is 11.6 Å². The van der Waals surface area contributed by atoms with Crippen molar-refractivity contribution >= 4 is 37.0 Å². The topological polar surface area (TPSA) is 86.5 Å². The van der Waals surface area contributed by atoms with Crippen LogP contribution in [0.15, 0.2) is 11.2 Å². The molecule has 0 unspecified atom stereocenters. The molecule has 10 heteroatoms. The van der Waals surface area contributed by atoms with Crippen molar-refractivity contribution in [1.29, 1.82) is 0 Å². The summed E-state index contributed by atoms with van der Waals surface area (Å²) in [6, 6.07) is 1.35. The fourth-order valence-corrected chi connectivity index (χ4v) is 1.80. The Kier molecular flexibility index (Phi) is 2.64. The highest BCUT2D eigenvalue weighted by atomic mass is 35.7. The zero-order valence-electron chi connectivity index (χ0n) is 7.76. The number of aromatic nitrogens is 4. The van der Waals surface area contributed by atoms with Crippen LogP contribution in [0.2, 0.25) is 5.15 Å². The Labute approximate surface area is 99.4 Å². The van der Waals surface area contributed by atoms with E-state index in [-0.39, 0.29) is 16.8 Å². The number of halogens is 2. The van der Waals surface area contributed by atoms with Crippen LogP contribution in [0, 0.1) is 0 Å². The zero-order chi connectivity index (χ0) is 11.9. The molecule has 0 fully saturated rings. The van der Waals surface area contributed by atoms with Gasteiger partial charge in [-0.05, 0) is 0 Å². The van der Waals surface area contributed by atoms with Crippen molar-refractivity contribution in [3.05, 3.63) is 11.2 Å².